The van der Waals surface area contributed by atoms with Crippen molar-refractivity contribution in [1.82, 2.24) is 9.88 Å². The highest BCUT2D eigenvalue weighted by atomic mass is 19.4. The van der Waals surface area contributed by atoms with Gasteiger partial charge >= 0.3 is 12.1 Å². The number of ketones is 1. The maximum absolute atomic E-state index is 12.4. The van der Waals surface area contributed by atoms with E-state index in [9.17, 15) is 27.6 Å². The predicted octanol–water partition coefficient (Wildman–Crippen LogP) is 1.77. The van der Waals surface area contributed by atoms with Crippen LogP contribution in [0.4, 0.5) is 13.2 Å². The minimum absolute atomic E-state index is 0.0929. The number of hydrogen-bond acceptors (Lipinski definition) is 3. The lowest BCUT2D eigenvalue weighted by Crippen LogP contribution is -2.46. The number of aromatic carboxylic acids is 1. The number of fused-ring (bicyclic) bond motifs is 1. The molecule has 1 atom stereocenters. The number of nitrogens with one attached hydrogen (secondary N) is 1. The van der Waals surface area contributed by atoms with Crippen LogP contribution in [0, 0.1) is 0 Å². The van der Waals surface area contributed by atoms with Gasteiger partial charge in [-0.2, -0.15) is 13.2 Å². The molecular formula is C14H15F3N2O4. The molecule has 1 amide bonds. The number of hydrogen-bond donors (Lipinski definition) is 2. The number of amides is 1. The number of halogens is 3. The van der Waals surface area contributed by atoms with Gasteiger partial charge in [0.2, 0.25) is 0 Å². The van der Waals surface area contributed by atoms with Crippen LogP contribution in [-0.2, 0) is 17.8 Å². The van der Waals surface area contributed by atoms with Crippen molar-refractivity contribution in [3.8, 4) is 0 Å². The van der Waals surface area contributed by atoms with Gasteiger partial charge < -0.3 is 15.0 Å². The van der Waals surface area contributed by atoms with Crippen molar-refractivity contribution < 1.29 is 32.7 Å². The summed E-state index contributed by atoms with van der Waals surface area (Å²) in [6, 6.07) is -1.11. The third-order valence-corrected chi connectivity index (χ3v) is 3.76. The fourth-order valence-electron chi connectivity index (χ4n) is 2.51. The van der Waals surface area contributed by atoms with Gasteiger partial charge in [0.15, 0.2) is 0 Å². The molecular weight excluding hydrogens is 317 g/mol. The Morgan fingerprint density at radius 1 is 1.30 bits per heavy atom. The fourth-order valence-corrected chi connectivity index (χ4v) is 2.51. The van der Waals surface area contributed by atoms with Crippen LogP contribution >= 0.6 is 0 Å². The molecule has 1 aromatic rings. The monoisotopic (exact) mass is 332 g/mol. The molecule has 23 heavy (non-hydrogen) atoms. The van der Waals surface area contributed by atoms with Gasteiger partial charge in [-0.25, -0.2) is 4.79 Å². The Morgan fingerprint density at radius 3 is 2.52 bits per heavy atom. The first kappa shape index (κ1) is 17.0. The first-order valence-corrected chi connectivity index (χ1v) is 7.00. The normalized spacial score (nSPS) is 15.7. The largest absolute Gasteiger partial charge is 0.478 e. The van der Waals surface area contributed by atoms with E-state index < -0.39 is 29.9 Å². The summed E-state index contributed by atoms with van der Waals surface area (Å²) < 4.78 is 38.8. The molecule has 0 radical (unpaired) electrons. The molecule has 0 fully saturated rings. The van der Waals surface area contributed by atoms with Crippen LogP contribution in [0.3, 0.4) is 0 Å². The van der Waals surface area contributed by atoms with Crippen LogP contribution in [0.25, 0.3) is 0 Å². The lowest BCUT2D eigenvalue weighted by Gasteiger charge is -2.19. The molecule has 126 valence electrons. The van der Waals surface area contributed by atoms with Crippen molar-refractivity contribution in [3.63, 3.8) is 0 Å². The van der Waals surface area contributed by atoms with Gasteiger partial charge in [-0.15, -0.1) is 0 Å². The maximum Gasteiger partial charge on any atom is 0.408 e. The number of carboxylic acids is 1. The summed E-state index contributed by atoms with van der Waals surface area (Å²) in [5.74, 6) is -3.81. The van der Waals surface area contributed by atoms with Gasteiger partial charge in [0.1, 0.15) is 6.04 Å². The summed E-state index contributed by atoms with van der Waals surface area (Å²) >= 11 is 0. The summed E-state index contributed by atoms with van der Waals surface area (Å²) in [6.45, 7) is 1.08. The van der Waals surface area contributed by atoms with Crippen molar-refractivity contribution in [1.29, 1.82) is 0 Å². The first-order valence-electron chi connectivity index (χ1n) is 7.00. The van der Waals surface area contributed by atoms with E-state index in [0.717, 1.165) is 19.4 Å². The summed E-state index contributed by atoms with van der Waals surface area (Å²) in [5.41, 5.74) is 0.137. The molecule has 1 aliphatic rings. The second kappa shape index (κ2) is 6.05. The Balaban J connectivity index is 2.29. The number of nitrogens with zero attached hydrogens (tertiary/aromatic N) is 1. The lowest BCUT2D eigenvalue weighted by molar-refractivity contribution is -0.156. The van der Waals surface area contributed by atoms with Gasteiger partial charge in [-0.1, -0.05) is 0 Å². The molecule has 0 aromatic carbocycles. The van der Waals surface area contributed by atoms with Crippen LogP contribution in [0.5, 0.6) is 0 Å². The topological polar surface area (TPSA) is 88.4 Å². The molecule has 1 aromatic heterocycles. The number of Topliss-reactive ketones (excluding diaryl/α,β-unsaturated/α-hetero) is 1. The van der Waals surface area contributed by atoms with Crippen LogP contribution in [-0.4, -0.2) is 39.6 Å². The van der Waals surface area contributed by atoms with Crippen molar-refractivity contribution in [2.75, 3.05) is 0 Å². The van der Waals surface area contributed by atoms with Crippen molar-refractivity contribution in [2.45, 2.75) is 44.9 Å². The van der Waals surface area contributed by atoms with E-state index >= 15 is 0 Å². The lowest BCUT2D eigenvalue weighted by atomic mass is 10.1. The number of alkyl halides is 3. The molecule has 0 spiro atoms. The second-order valence-corrected chi connectivity index (χ2v) is 5.37. The van der Waals surface area contributed by atoms with E-state index in [1.165, 1.54) is 4.57 Å². The van der Waals surface area contributed by atoms with E-state index in [2.05, 4.69) is 0 Å². The number of aromatic nitrogens is 1. The van der Waals surface area contributed by atoms with Crippen molar-refractivity contribution in [3.05, 3.63) is 23.0 Å². The predicted molar refractivity (Wildman–Crippen MR) is 72.3 cm³/mol. The Hall–Kier alpha value is -2.32. The van der Waals surface area contributed by atoms with E-state index in [4.69, 9.17) is 5.11 Å². The van der Waals surface area contributed by atoms with E-state index in [1.807, 2.05) is 0 Å². The zero-order chi connectivity index (χ0) is 17.4. The summed E-state index contributed by atoms with van der Waals surface area (Å²) in [5, 5.41) is 10.7. The standard InChI is InChI=1S/C14H15F3N2O4/c1-7(14(15,16)17)18-12(21)11(20)10-6-8(13(22)23)9-4-2-3-5-19(9)10/h6-7H,2-5H2,1H3,(H,18,21)(H,22,23). The van der Waals surface area contributed by atoms with Crippen LogP contribution in [0.2, 0.25) is 0 Å². The highest BCUT2D eigenvalue weighted by molar-refractivity contribution is 6.42. The molecule has 0 saturated carbocycles. The molecule has 0 bridgehead atoms. The first-order chi connectivity index (χ1) is 10.6. The minimum Gasteiger partial charge on any atom is -0.478 e. The summed E-state index contributed by atoms with van der Waals surface area (Å²) in [6.07, 6.45) is -2.78. The molecule has 2 rings (SSSR count). The minimum atomic E-state index is -4.67. The number of carbonyl (C=O) groups excluding carboxylic acids is 2. The van der Waals surface area contributed by atoms with Gasteiger partial charge in [0.25, 0.3) is 11.7 Å². The molecule has 0 saturated heterocycles. The van der Waals surface area contributed by atoms with Crippen LogP contribution in [0.15, 0.2) is 6.07 Å². The molecule has 2 heterocycles. The number of rotatable bonds is 4. The maximum atomic E-state index is 12.4. The van der Waals surface area contributed by atoms with Crippen LogP contribution < -0.4 is 5.32 Å². The third-order valence-electron chi connectivity index (χ3n) is 3.76. The highest BCUT2D eigenvalue weighted by Gasteiger charge is 2.38. The smallest absolute Gasteiger partial charge is 0.408 e. The molecule has 2 N–H and O–H groups in total. The zero-order valence-electron chi connectivity index (χ0n) is 12.2. The van der Waals surface area contributed by atoms with Crippen molar-refractivity contribution in [2.24, 2.45) is 0 Å². The van der Waals surface area contributed by atoms with Crippen molar-refractivity contribution >= 4 is 17.7 Å². The number of carboxylic acid groups (broad SMARTS) is 1. The van der Waals surface area contributed by atoms with Gasteiger partial charge in [-0.05, 0) is 32.3 Å². The van der Waals surface area contributed by atoms with E-state index in [0.29, 0.717) is 25.1 Å². The average Bonchev–Trinajstić information content (AvgIpc) is 2.85. The molecule has 9 heteroatoms. The third kappa shape index (κ3) is 3.38. The molecule has 1 aliphatic heterocycles. The second-order valence-electron chi connectivity index (χ2n) is 5.37. The van der Waals surface area contributed by atoms with Gasteiger partial charge in [0.05, 0.1) is 11.3 Å². The Morgan fingerprint density at radius 2 is 1.96 bits per heavy atom. The summed E-state index contributed by atoms with van der Waals surface area (Å²) in [7, 11) is 0. The molecule has 1 unspecified atom stereocenters. The Kier molecular flexibility index (Phi) is 4.49. The Labute approximate surface area is 129 Å². The highest BCUT2D eigenvalue weighted by Crippen LogP contribution is 2.25. The number of carbonyl (C=O) groups is 3. The molecule has 6 nitrogen and oxygen atoms in total. The fraction of sp³-hybridized carbons (Fsp3) is 0.500. The van der Waals surface area contributed by atoms with E-state index in [1.54, 1.807) is 5.32 Å². The Bertz CT molecular complexity index is 664. The van der Waals surface area contributed by atoms with Crippen LogP contribution in [0.1, 0.15) is 46.3 Å². The molecule has 0 aliphatic carbocycles. The zero-order valence-corrected chi connectivity index (χ0v) is 12.2. The summed E-state index contributed by atoms with van der Waals surface area (Å²) in [4.78, 5) is 35.1. The van der Waals surface area contributed by atoms with Gasteiger partial charge in [-0.3, -0.25) is 9.59 Å². The van der Waals surface area contributed by atoms with Gasteiger partial charge in [0, 0.05) is 12.2 Å². The van der Waals surface area contributed by atoms with E-state index in [-0.39, 0.29) is 11.3 Å². The SMILES string of the molecule is CC(NC(=O)C(=O)c1cc(C(=O)O)c2n1CCCC2)C(F)(F)F. The quantitative estimate of drug-likeness (QED) is 0.650. The average molecular weight is 332 g/mol.